The van der Waals surface area contributed by atoms with Crippen molar-refractivity contribution in [3.63, 3.8) is 0 Å². The zero-order chi connectivity index (χ0) is 24.7. The number of methoxy groups -OCH3 is 3. The lowest BCUT2D eigenvalue weighted by atomic mass is 10.2. The Kier molecular flexibility index (Phi) is 8.08. The van der Waals surface area contributed by atoms with Crippen LogP contribution < -0.4 is 29.0 Å². The zero-order valence-electron chi connectivity index (χ0n) is 18.6. The fourth-order valence-corrected chi connectivity index (χ4v) is 4.23. The molecule has 0 aliphatic rings. The monoisotopic (exact) mass is 506 g/mol. The SMILES string of the molecule is COc1ccc(NS(=O)(=O)c2ccc(OCC(=O)Nc3ccc(OC)c(OC)c3)cc2)cc1Cl. The molecule has 2 N–H and O–H groups in total. The number of carbonyl (C=O) groups excluding carboxylic acids is 1. The summed E-state index contributed by atoms with van der Waals surface area (Å²) in [5.41, 5.74) is 0.801. The first-order valence-electron chi connectivity index (χ1n) is 9.87. The number of halogens is 1. The predicted octanol–water partition coefficient (Wildman–Crippen LogP) is 4.18. The summed E-state index contributed by atoms with van der Waals surface area (Å²) in [5, 5.41) is 2.96. The Morgan fingerprint density at radius 3 is 2.06 bits per heavy atom. The minimum absolute atomic E-state index is 0.0153. The van der Waals surface area contributed by atoms with Crippen molar-refractivity contribution in [2.24, 2.45) is 0 Å². The molecule has 1 amide bonds. The summed E-state index contributed by atoms with van der Waals surface area (Å²) in [5.74, 6) is 1.37. The smallest absolute Gasteiger partial charge is 0.262 e. The summed E-state index contributed by atoms with van der Waals surface area (Å²) in [7, 11) is 0.627. The fourth-order valence-electron chi connectivity index (χ4n) is 2.92. The molecule has 3 aromatic rings. The largest absolute Gasteiger partial charge is 0.495 e. The molecule has 0 saturated carbocycles. The van der Waals surface area contributed by atoms with Gasteiger partial charge >= 0.3 is 0 Å². The second-order valence-corrected chi connectivity index (χ2v) is 8.92. The number of ether oxygens (including phenoxy) is 4. The average molecular weight is 507 g/mol. The van der Waals surface area contributed by atoms with E-state index >= 15 is 0 Å². The first-order chi connectivity index (χ1) is 16.2. The van der Waals surface area contributed by atoms with E-state index in [9.17, 15) is 13.2 Å². The van der Waals surface area contributed by atoms with Crippen LogP contribution in [0, 0.1) is 0 Å². The molecule has 34 heavy (non-hydrogen) atoms. The van der Waals surface area contributed by atoms with Crippen LogP contribution in [0.25, 0.3) is 0 Å². The number of amides is 1. The first-order valence-corrected chi connectivity index (χ1v) is 11.7. The number of sulfonamides is 1. The molecule has 0 saturated heterocycles. The van der Waals surface area contributed by atoms with Crippen molar-refractivity contribution in [2.75, 3.05) is 38.0 Å². The van der Waals surface area contributed by atoms with E-state index in [0.717, 1.165) is 0 Å². The van der Waals surface area contributed by atoms with E-state index < -0.39 is 15.9 Å². The topological polar surface area (TPSA) is 112 Å². The minimum atomic E-state index is -3.86. The van der Waals surface area contributed by atoms with Gasteiger partial charge in [-0.25, -0.2) is 8.42 Å². The molecule has 0 aliphatic heterocycles. The van der Waals surface area contributed by atoms with E-state index in [1.165, 1.54) is 57.7 Å². The second kappa shape index (κ2) is 11.0. The molecule has 0 bridgehead atoms. The molecule has 0 spiro atoms. The van der Waals surface area contributed by atoms with Crippen LogP contribution in [-0.2, 0) is 14.8 Å². The highest BCUT2D eigenvalue weighted by Crippen LogP contribution is 2.30. The van der Waals surface area contributed by atoms with Crippen molar-refractivity contribution in [1.29, 1.82) is 0 Å². The third kappa shape index (κ3) is 6.24. The van der Waals surface area contributed by atoms with Gasteiger partial charge in [0.2, 0.25) is 0 Å². The Labute approximate surface area is 202 Å². The van der Waals surface area contributed by atoms with E-state index in [1.807, 2.05) is 0 Å². The number of rotatable bonds is 10. The van der Waals surface area contributed by atoms with Gasteiger partial charge in [-0.2, -0.15) is 0 Å². The van der Waals surface area contributed by atoms with E-state index in [4.69, 9.17) is 30.5 Å². The molecule has 0 aromatic heterocycles. The predicted molar refractivity (Wildman–Crippen MR) is 129 cm³/mol. The summed E-state index contributed by atoms with van der Waals surface area (Å²) in [4.78, 5) is 12.2. The lowest BCUT2D eigenvalue weighted by Crippen LogP contribution is -2.20. The lowest BCUT2D eigenvalue weighted by Gasteiger charge is -2.12. The summed E-state index contributed by atoms with van der Waals surface area (Å²) >= 11 is 6.04. The van der Waals surface area contributed by atoms with Crippen LogP contribution in [0.5, 0.6) is 23.0 Å². The lowest BCUT2D eigenvalue weighted by molar-refractivity contribution is -0.118. The maximum absolute atomic E-state index is 12.6. The molecule has 3 aromatic carbocycles. The van der Waals surface area contributed by atoms with Crippen molar-refractivity contribution in [2.45, 2.75) is 4.90 Å². The van der Waals surface area contributed by atoms with E-state index in [0.29, 0.717) is 28.7 Å². The molecule has 0 atom stereocenters. The van der Waals surface area contributed by atoms with Crippen LogP contribution in [-0.4, -0.2) is 42.3 Å². The van der Waals surface area contributed by atoms with Crippen molar-refractivity contribution >= 4 is 38.9 Å². The van der Waals surface area contributed by atoms with Gasteiger partial charge < -0.3 is 24.3 Å². The number of hydrogen-bond acceptors (Lipinski definition) is 7. The van der Waals surface area contributed by atoms with Gasteiger partial charge in [0.15, 0.2) is 18.1 Å². The molecule has 0 fully saturated rings. The molecule has 11 heteroatoms. The summed E-state index contributed by atoms with van der Waals surface area (Å²) in [6.07, 6.45) is 0. The van der Waals surface area contributed by atoms with Gasteiger partial charge in [-0.05, 0) is 54.6 Å². The van der Waals surface area contributed by atoms with Crippen LogP contribution in [0.1, 0.15) is 0 Å². The van der Waals surface area contributed by atoms with Gasteiger partial charge in [-0.3, -0.25) is 9.52 Å². The second-order valence-electron chi connectivity index (χ2n) is 6.83. The van der Waals surface area contributed by atoms with Crippen LogP contribution in [0.3, 0.4) is 0 Å². The summed E-state index contributed by atoms with van der Waals surface area (Å²) in [6, 6.07) is 15.2. The van der Waals surface area contributed by atoms with Gasteiger partial charge in [0.1, 0.15) is 11.5 Å². The Morgan fingerprint density at radius 1 is 0.824 bits per heavy atom. The molecule has 0 heterocycles. The number of anilines is 2. The van der Waals surface area contributed by atoms with Gasteiger partial charge in [-0.15, -0.1) is 0 Å². The molecule has 0 aliphatic carbocycles. The Bertz CT molecular complexity index is 1260. The maximum atomic E-state index is 12.6. The van der Waals surface area contributed by atoms with Crippen LogP contribution in [0.15, 0.2) is 65.6 Å². The Hall–Kier alpha value is -3.63. The van der Waals surface area contributed by atoms with Crippen LogP contribution >= 0.6 is 11.6 Å². The van der Waals surface area contributed by atoms with Crippen molar-refractivity contribution in [3.05, 3.63) is 65.7 Å². The summed E-state index contributed by atoms with van der Waals surface area (Å²) in [6.45, 7) is -0.275. The van der Waals surface area contributed by atoms with Gasteiger partial charge in [0, 0.05) is 11.8 Å². The number of nitrogens with one attached hydrogen (secondary N) is 2. The van der Waals surface area contributed by atoms with Crippen molar-refractivity contribution < 1.29 is 32.2 Å². The number of hydrogen-bond donors (Lipinski definition) is 2. The third-order valence-corrected chi connectivity index (χ3v) is 6.27. The van der Waals surface area contributed by atoms with Gasteiger partial charge in [0.05, 0.1) is 36.9 Å². The average Bonchev–Trinajstić information content (AvgIpc) is 2.83. The highest BCUT2D eigenvalue weighted by molar-refractivity contribution is 7.92. The molecule has 9 nitrogen and oxygen atoms in total. The number of carbonyl (C=O) groups is 1. The Morgan fingerprint density at radius 2 is 1.44 bits per heavy atom. The standard InChI is InChI=1S/C23H23ClN2O7S/c1-30-20-10-5-16(12-19(20)24)26-34(28,29)18-8-6-17(7-9-18)33-14-23(27)25-15-4-11-21(31-2)22(13-15)32-3/h4-13,26H,14H2,1-3H3,(H,25,27). The van der Waals surface area contributed by atoms with Crippen LogP contribution in [0.2, 0.25) is 5.02 Å². The van der Waals surface area contributed by atoms with E-state index in [1.54, 1.807) is 24.3 Å². The van der Waals surface area contributed by atoms with Crippen LogP contribution in [0.4, 0.5) is 11.4 Å². The zero-order valence-corrected chi connectivity index (χ0v) is 20.2. The van der Waals surface area contributed by atoms with E-state index in [2.05, 4.69) is 10.0 Å². The molecular formula is C23H23ClN2O7S. The molecule has 0 unspecified atom stereocenters. The quantitative estimate of drug-likeness (QED) is 0.424. The van der Waals surface area contributed by atoms with Crippen molar-refractivity contribution in [1.82, 2.24) is 0 Å². The summed E-state index contributed by atoms with van der Waals surface area (Å²) < 4.78 is 48.6. The van der Waals surface area contributed by atoms with E-state index in [-0.39, 0.29) is 22.2 Å². The molecule has 0 radical (unpaired) electrons. The fraction of sp³-hybridized carbons (Fsp3) is 0.174. The highest BCUT2D eigenvalue weighted by Gasteiger charge is 2.16. The molecule has 180 valence electrons. The van der Waals surface area contributed by atoms with Gasteiger partial charge in [0.25, 0.3) is 15.9 Å². The molecular weight excluding hydrogens is 484 g/mol. The third-order valence-electron chi connectivity index (χ3n) is 4.58. The molecule has 3 rings (SSSR count). The van der Waals surface area contributed by atoms with Crippen molar-refractivity contribution in [3.8, 4) is 23.0 Å². The first kappa shape index (κ1) is 25.0. The maximum Gasteiger partial charge on any atom is 0.262 e. The number of benzene rings is 3. The minimum Gasteiger partial charge on any atom is -0.495 e. The Balaban J connectivity index is 1.59. The van der Waals surface area contributed by atoms with Gasteiger partial charge in [-0.1, -0.05) is 11.6 Å². The normalized spacial score (nSPS) is 10.8. The highest BCUT2D eigenvalue weighted by atomic mass is 35.5.